The minimum atomic E-state index is -0.360. The Morgan fingerprint density at radius 3 is 2.33 bits per heavy atom. The topological polar surface area (TPSA) is 38.1 Å². The molecule has 0 bridgehead atoms. The maximum Gasteiger partial charge on any atom is 0.274 e. The molecule has 132 valence electrons. The molecule has 24 heavy (non-hydrogen) atoms. The minimum absolute atomic E-state index is 0.00149. The minimum Gasteiger partial charge on any atom is -0.295 e. The van der Waals surface area contributed by atoms with Gasteiger partial charge in [-0.05, 0) is 50.9 Å². The van der Waals surface area contributed by atoms with Gasteiger partial charge in [0.05, 0.1) is 17.1 Å². The predicted molar refractivity (Wildman–Crippen MR) is 96.8 cm³/mol. The van der Waals surface area contributed by atoms with Crippen molar-refractivity contribution in [2.75, 3.05) is 7.05 Å². The highest BCUT2D eigenvalue weighted by Crippen LogP contribution is 2.31. The predicted octanol–water partition coefficient (Wildman–Crippen LogP) is 3.81. The second kappa shape index (κ2) is 6.28. The highest BCUT2D eigenvalue weighted by atomic mass is 19.1. The average Bonchev–Trinajstić information content (AvgIpc) is 2.49. The van der Waals surface area contributed by atoms with E-state index in [1.165, 1.54) is 10.7 Å². The van der Waals surface area contributed by atoms with Crippen molar-refractivity contribution in [2.45, 2.75) is 53.6 Å². The first-order valence-electron chi connectivity index (χ1n) is 8.34. The number of aromatic nitrogens is 2. The maximum absolute atomic E-state index is 14.0. The van der Waals surface area contributed by atoms with E-state index >= 15 is 0 Å². The van der Waals surface area contributed by atoms with Crippen molar-refractivity contribution in [3.63, 3.8) is 0 Å². The van der Waals surface area contributed by atoms with E-state index < -0.39 is 0 Å². The van der Waals surface area contributed by atoms with Crippen molar-refractivity contribution in [3.8, 4) is 0 Å². The van der Waals surface area contributed by atoms with Gasteiger partial charge in [-0.2, -0.15) is 5.10 Å². The molecule has 1 heterocycles. The monoisotopic (exact) mass is 333 g/mol. The van der Waals surface area contributed by atoms with Crippen LogP contribution in [0, 0.1) is 18.2 Å². The number of hydrogen-bond donors (Lipinski definition) is 0. The van der Waals surface area contributed by atoms with Crippen LogP contribution in [0.3, 0.4) is 0 Å². The zero-order valence-corrected chi connectivity index (χ0v) is 15.9. The maximum atomic E-state index is 14.0. The summed E-state index contributed by atoms with van der Waals surface area (Å²) in [4.78, 5) is 14.6. The number of nitrogens with zero attached hydrogens (tertiary/aromatic N) is 3. The Morgan fingerprint density at radius 2 is 1.79 bits per heavy atom. The van der Waals surface area contributed by atoms with Crippen LogP contribution in [-0.4, -0.2) is 27.8 Å². The molecule has 5 heteroatoms. The largest absolute Gasteiger partial charge is 0.295 e. The molecular formula is C19H28FN3O. The van der Waals surface area contributed by atoms with Crippen LogP contribution in [0.1, 0.15) is 51.9 Å². The van der Waals surface area contributed by atoms with E-state index in [0.29, 0.717) is 17.0 Å². The molecule has 0 unspecified atom stereocenters. The summed E-state index contributed by atoms with van der Waals surface area (Å²) in [6.07, 6.45) is 0. The molecule has 2 aromatic rings. The van der Waals surface area contributed by atoms with Crippen LogP contribution in [0.4, 0.5) is 4.39 Å². The van der Waals surface area contributed by atoms with E-state index in [0.717, 1.165) is 11.1 Å². The molecule has 0 saturated heterocycles. The SMILES string of the molecule is Cc1cc2c([C@@H](C)N(C)[C@H](C)C(C)(C)C)nn(C)c(=O)c2cc1F. The Balaban J connectivity index is 2.66. The summed E-state index contributed by atoms with van der Waals surface area (Å²) in [5, 5.41) is 5.61. The number of halogens is 1. The van der Waals surface area contributed by atoms with Gasteiger partial charge in [-0.1, -0.05) is 20.8 Å². The van der Waals surface area contributed by atoms with E-state index in [4.69, 9.17) is 0 Å². The fourth-order valence-electron chi connectivity index (χ4n) is 2.95. The van der Waals surface area contributed by atoms with Gasteiger partial charge in [0.15, 0.2) is 0 Å². The first kappa shape index (κ1) is 18.6. The number of fused-ring (bicyclic) bond motifs is 1. The zero-order valence-electron chi connectivity index (χ0n) is 15.9. The third-order valence-corrected chi connectivity index (χ3v) is 5.23. The smallest absolute Gasteiger partial charge is 0.274 e. The quantitative estimate of drug-likeness (QED) is 0.857. The lowest BCUT2D eigenvalue weighted by Crippen LogP contribution is -2.41. The van der Waals surface area contributed by atoms with Gasteiger partial charge in [0.2, 0.25) is 0 Å². The van der Waals surface area contributed by atoms with Crippen LogP contribution in [0.5, 0.6) is 0 Å². The molecule has 0 aliphatic rings. The van der Waals surface area contributed by atoms with Crippen LogP contribution in [0.2, 0.25) is 0 Å². The molecule has 0 aliphatic heterocycles. The fourth-order valence-corrected chi connectivity index (χ4v) is 2.95. The molecule has 1 aromatic heterocycles. The lowest BCUT2D eigenvalue weighted by atomic mass is 9.86. The van der Waals surface area contributed by atoms with Crippen molar-refractivity contribution >= 4 is 10.8 Å². The summed E-state index contributed by atoms with van der Waals surface area (Å²) < 4.78 is 15.3. The van der Waals surface area contributed by atoms with E-state index in [1.807, 2.05) is 0 Å². The molecule has 0 radical (unpaired) electrons. The Hall–Kier alpha value is -1.75. The molecule has 2 rings (SSSR count). The van der Waals surface area contributed by atoms with Crippen molar-refractivity contribution in [1.29, 1.82) is 0 Å². The standard InChI is InChI=1S/C19H28FN3O/c1-11-9-14-15(10-16(11)20)18(24)23(8)21-17(14)12(2)22(7)13(3)19(4,5)6/h9-10,12-13H,1-8H3/t12-,13-/m1/s1. The summed E-state index contributed by atoms with van der Waals surface area (Å²) in [6, 6.07) is 3.37. The third-order valence-electron chi connectivity index (χ3n) is 5.23. The number of hydrogen-bond acceptors (Lipinski definition) is 3. The molecule has 4 nitrogen and oxygen atoms in total. The third kappa shape index (κ3) is 3.22. The van der Waals surface area contributed by atoms with Gasteiger partial charge >= 0.3 is 0 Å². The van der Waals surface area contributed by atoms with E-state index in [9.17, 15) is 9.18 Å². The molecule has 0 saturated carbocycles. The van der Waals surface area contributed by atoms with Crippen LogP contribution in [0.15, 0.2) is 16.9 Å². The molecule has 0 aliphatic carbocycles. The van der Waals surface area contributed by atoms with Crippen molar-refractivity contribution in [2.24, 2.45) is 12.5 Å². The summed E-state index contributed by atoms with van der Waals surface area (Å²) in [6.45, 7) is 12.6. The van der Waals surface area contributed by atoms with Gasteiger partial charge < -0.3 is 0 Å². The molecule has 2 atom stereocenters. The first-order valence-corrected chi connectivity index (χ1v) is 8.34. The number of aryl methyl sites for hydroxylation is 2. The van der Waals surface area contributed by atoms with E-state index in [-0.39, 0.29) is 22.8 Å². The summed E-state index contributed by atoms with van der Waals surface area (Å²) in [5.74, 6) is -0.360. The van der Waals surface area contributed by atoms with Gasteiger partial charge in [-0.15, -0.1) is 0 Å². The molecule has 0 fully saturated rings. The molecular weight excluding hydrogens is 305 g/mol. The Labute approximate surface area is 143 Å². The Morgan fingerprint density at radius 1 is 1.21 bits per heavy atom. The van der Waals surface area contributed by atoms with Crippen molar-refractivity contribution in [3.05, 3.63) is 39.6 Å². The van der Waals surface area contributed by atoms with Gasteiger partial charge in [0.25, 0.3) is 5.56 Å². The Kier molecular flexibility index (Phi) is 4.86. The van der Waals surface area contributed by atoms with Crippen molar-refractivity contribution in [1.82, 2.24) is 14.7 Å². The normalized spacial score (nSPS) is 15.1. The van der Waals surface area contributed by atoms with Crippen LogP contribution in [-0.2, 0) is 7.05 Å². The van der Waals surface area contributed by atoms with Gasteiger partial charge in [0, 0.05) is 18.5 Å². The molecule has 0 spiro atoms. The fraction of sp³-hybridized carbons (Fsp3) is 0.579. The van der Waals surface area contributed by atoms with E-state index in [1.54, 1.807) is 20.0 Å². The number of rotatable bonds is 3. The highest BCUT2D eigenvalue weighted by Gasteiger charge is 2.29. The van der Waals surface area contributed by atoms with Crippen molar-refractivity contribution < 1.29 is 4.39 Å². The molecule has 0 N–H and O–H groups in total. The average molecular weight is 333 g/mol. The van der Waals surface area contributed by atoms with Crippen LogP contribution >= 0.6 is 0 Å². The summed E-state index contributed by atoms with van der Waals surface area (Å²) >= 11 is 0. The van der Waals surface area contributed by atoms with Crippen LogP contribution in [0.25, 0.3) is 10.8 Å². The zero-order chi connectivity index (χ0) is 18.4. The van der Waals surface area contributed by atoms with Gasteiger partial charge in [-0.3, -0.25) is 9.69 Å². The number of benzene rings is 1. The highest BCUT2D eigenvalue weighted by molar-refractivity contribution is 5.84. The second-order valence-corrected chi connectivity index (χ2v) is 7.84. The molecule has 0 amide bonds. The second-order valence-electron chi connectivity index (χ2n) is 7.84. The lowest BCUT2D eigenvalue weighted by molar-refractivity contribution is 0.103. The van der Waals surface area contributed by atoms with Gasteiger partial charge in [-0.25, -0.2) is 9.07 Å². The Bertz CT molecular complexity index is 820. The summed E-state index contributed by atoms with van der Waals surface area (Å²) in [7, 11) is 3.68. The summed E-state index contributed by atoms with van der Waals surface area (Å²) in [5.41, 5.74) is 1.17. The van der Waals surface area contributed by atoms with Gasteiger partial charge in [0.1, 0.15) is 5.82 Å². The lowest BCUT2D eigenvalue weighted by Gasteiger charge is -2.39. The molecule has 1 aromatic carbocycles. The van der Waals surface area contributed by atoms with E-state index in [2.05, 4.69) is 51.7 Å². The first-order chi connectivity index (χ1) is 10.9. The van der Waals surface area contributed by atoms with Crippen LogP contribution < -0.4 is 5.56 Å².